The van der Waals surface area contributed by atoms with E-state index in [1.165, 1.54) is 0 Å². The van der Waals surface area contributed by atoms with E-state index >= 15 is 0 Å². The zero-order valence-electron chi connectivity index (χ0n) is 14.5. The molecule has 0 unspecified atom stereocenters. The first-order chi connectivity index (χ1) is 11.9. The molecule has 25 heavy (non-hydrogen) atoms. The molecule has 2 aromatic heterocycles. The summed E-state index contributed by atoms with van der Waals surface area (Å²) in [6.07, 6.45) is 4.35. The summed E-state index contributed by atoms with van der Waals surface area (Å²) < 4.78 is 35.0. The molecule has 3 aromatic rings. The molecule has 1 N–H and O–H groups in total. The number of pyridine rings is 1. The average Bonchev–Trinajstić information content (AvgIpc) is 2.99. The summed E-state index contributed by atoms with van der Waals surface area (Å²) in [5, 5.41) is 0. The third kappa shape index (κ3) is 3.67. The monoisotopic (exact) mass is 359 g/mol. The van der Waals surface area contributed by atoms with Crippen molar-refractivity contribution in [3.63, 3.8) is 0 Å². The molecule has 0 aliphatic carbocycles. The van der Waals surface area contributed by atoms with Gasteiger partial charge in [-0.3, -0.25) is 0 Å². The maximum atomic E-state index is 12.6. The Balaban J connectivity index is 1.72. The minimum absolute atomic E-state index is 0.279. The molecule has 0 saturated carbocycles. The number of fused-ring (bicyclic) bond motifs is 1. The van der Waals surface area contributed by atoms with Gasteiger partial charge in [0.15, 0.2) is 0 Å². The third-order valence-corrected chi connectivity index (χ3v) is 5.67. The minimum Gasteiger partial charge on any atom is -0.496 e. The van der Waals surface area contributed by atoms with Crippen LogP contribution in [-0.4, -0.2) is 31.5 Å². The van der Waals surface area contributed by atoms with Crippen LogP contribution in [-0.2, 0) is 16.4 Å². The zero-order valence-corrected chi connectivity index (χ0v) is 15.3. The zero-order chi connectivity index (χ0) is 18.0. The molecule has 0 aliphatic heterocycles. The maximum absolute atomic E-state index is 12.6. The van der Waals surface area contributed by atoms with Crippen LogP contribution in [0.25, 0.3) is 5.65 Å². The topological polar surface area (TPSA) is 72.7 Å². The molecular formula is C18H21N3O3S. The quantitative estimate of drug-likeness (QED) is 0.734. The Morgan fingerprint density at radius 1 is 1.20 bits per heavy atom. The normalized spacial score (nSPS) is 11.8. The van der Waals surface area contributed by atoms with Gasteiger partial charge in [0.2, 0.25) is 10.0 Å². The Labute approximate surface area is 147 Å². The fraction of sp³-hybridized carbons (Fsp3) is 0.278. The van der Waals surface area contributed by atoms with Crippen molar-refractivity contribution in [3.8, 4) is 5.75 Å². The molecule has 0 atom stereocenters. The van der Waals surface area contributed by atoms with Crippen LogP contribution in [0.15, 0.2) is 47.6 Å². The second kappa shape index (κ2) is 6.85. The van der Waals surface area contributed by atoms with Crippen molar-refractivity contribution in [1.29, 1.82) is 0 Å². The van der Waals surface area contributed by atoms with Gasteiger partial charge in [-0.15, -0.1) is 0 Å². The number of rotatable bonds is 6. The molecule has 132 valence electrons. The van der Waals surface area contributed by atoms with Crippen molar-refractivity contribution >= 4 is 15.7 Å². The van der Waals surface area contributed by atoms with Gasteiger partial charge >= 0.3 is 0 Å². The van der Waals surface area contributed by atoms with Crippen molar-refractivity contribution < 1.29 is 13.2 Å². The summed E-state index contributed by atoms with van der Waals surface area (Å²) in [4.78, 5) is 4.75. The van der Waals surface area contributed by atoms with Crippen LogP contribution in [0.2, 0.25) is 0 Å². The van der Waals surface area contributed by atoms with Gasteiger partial charge in [-0.25, -0.2) is 18.1 Å². The third-order valence-electron chi connectivity index (χ3n) is 4.07. The Morgan fingerprint density at radius 3 is 2.72 bits per heavy atom. The molecule has 0 spiro atoms. The van der Waals surface area contributed by atoms with Crippen LogP contribution in [0.1, 0.15) is 16.8 Å². The van der Waals surface area contributed by atoms with E-state index in [0.29, 0.717) is 17.7 Å². The maximum Gasteiger partial charge on any atom is 0.240 e. The van der Waals surface area contributed by atoms with Gasteiger partial charge < -0.3 is 9.14 Å². The molecule has 1 aromatic carbocycles. The molecule has 0 bridgehead atoms. The van der Waals surface area contributed by atoms with E-state index in [1.54, 1.807) is 26.2 Å². The fourth-order valence-corrected chi connectivity index (χ4v) is 4.11. The lowest BCUT2D eigenvalue weighted by molar-refractivity contribution is 0.411. The SMILES string of the molecule is COc1cc(C)c(S(=O)(=O)NCCc2cn3ccccc3n2)cc1C. The van der Waals surface area contributed by atoms with Gasteiger partial charge in [-0.05, 0) is 49.2 Å². The standard InChI is InChI=1S/C18H21N3O3S/c1-13-11-17(14(2)10-16(13)24-3)25(22,23)19-8-7-15-12-21-9-5-4-6-18(21)20-15/h4-6,9-12,19H,7-8H2,1-3H3. The minimum atomic E-state index is -3.58. The van der Waals surface area contributed by atoms with Gasteiger partial charge in [0, 0.05) is 25.4 Å². The predicted octanol–water partition coefficient (Wildman–Crippen LogP) is 2.48. The average molecular weight is 359 g/mol. The van der Waals surface area contributed by atoms with E-state index in [4.69, 9.17) is 4.74 Å². The van der Waals surface area contributed by atoms with Gasteiger partial charge in [0.25, 0.3) is 0 Å². The molecule has 3 rings (SSSR count). The summed E-state index contributed by atoms with van der Waals surface area (Å²) in [7, 11) is -2.01. The predicted molar refractivity (Wildman–Crippen MR) is 96.6 cm³/mol. The van der Waals surface area contributed by atoms with Crippen molar-refractivity contribution in [2.75, 3.05) is 13.7 Å². The molecular weight excluding hydrogens is 338 g/mol. The largest absolute Gasteiger partial charge is 0.496 e. The second-order valence-electron chi connectivity index (χ2n) is 5.93. The number of nitrogens with one attached hydrogen (secondary N) is 1. The summed E-state index contributed by atoms with van der Waals surface area (Å²) in [5.74, 6) is 0.682. The van der Waals surface area contributed by atoms with Gasteiger partial charge in [-0.2, -0.15) is 0 Å². The first-order valence-electron chi connectivity index (χ1n) is 7.98. The molecule has 2 heterocycles. The van der Waals surface area contributed by atoms with Gasteiger partial charge in [0.05, 0.1) is 17.7 Å². The summed E-state index contributed by atoms with van der Waals surface area (Å²) >= 11 is 0. The Bertz CT molecular complexity index is 977. The first-order valence-corrected chi connectivity index (χ1v) is 9.46. The summed E-state index contributed by atoms with van der Waals surface area (Å²) in [6.45, 7) is 3.88. The number of nitrogens with zero attached hydrogens (tertiary/aromatic N) is 2. The smallest absolute Gasteiger partial charge is 0.240 e. The number of ether oxygens (including phenoxy) is 1. The number of methoxy groups -OCH3 is 1. The van der Waals surface area contributed by atoms with Gasteiger partial charge in [0.1, 0.15) is 11.4 Å². The number of sulfonamides is 1. The second-order valence-corrected chi connectivity index (χ2v) is 7.67. The van der Waals surface area contributed by atoms with Crippen LogP contribution in [0.4, 0.5) is 0 Å². The number of aryl methyl sites for hydroxylation is 2. The first kappa shape index (κ1) is 17.4. The lowest BCUT2D eigenvalue weighted by Gasteiger charge is -2.12. The number of aromatic nitrogens is 2. The van der Waals surface area contributed by atoms with E-state index in [0.717, 1.165) is 16.9 Å². The number of hydrogen-bond acceptors (Lipinski definition) is 4. The van der Waals surface area contributed by atoms with E-state index in [9.17, 15) is 8.42 Å². The molecule has 0 saturated heterocycles. The van der Waals surface area contributed by atoms with E-state index in [1.807, 2.05) is 41.9 Å². The number of hydrogen-bond donors (Lipinski definition) is 1. The summed E-state index contributed by atoms with van der Waals surface area (Å²) in [5.41, 5.74) is 3.13. The highest BCUT2D eigenvalue weighted by Crippen LogP contribution is 2.25. The van der Waals surface area contributed by atoms with Crippen molar-refractivity contribution in [3.05, 3.63) is 59.5 Å². The Morgan fingerprint density at radius 2 is 2.00 bits per heavy atom. The lowest BCUT2D eigenvalue weighted by Crippen LogP contribution is -2.26. The van der Waals surface area contributed by atoms with Crippen molar-refractivity contribution in [2.24, 2.45) is 0 Å². The Kier molecular flexibility index (Phi) is 4.78. The van der Waals surface area contributed by atoms with Gasteiger partial charge in [-0.1, -0.05) is 6.07 Å². The molecule has 0 aliphatic rings. The lowest BCUT2D eigenvalue weighted by atomic mass is 10.1. The highest BCUT2D eigenvalue weighted by atomic mass is 32.2. The Hall–Kier alpha value is -2.38. The van der Waals surface area contributed by atoms with Crippen LogP contribution >= 0.6 is 0 Å². The van der Waals surface area contributed by atoms with Crippen LogP contribution in [0, 0.1) is 13.8 Å². The van der Waals surface area contributed by atoms with E-state index < -0.39 is 10.0 Å². The van der Waals surface area contributed by atoms with E-state index in [-0.39, 0.29) is 11.4 Å². The van der Waals surface area contributed by atoms with E-state index in [2.05, 4.69) is 9.71 Å². The number of benzene rings is 1. The number of imidazole rings is 1. The molecule has 0 amide bonds. The van der Waals surface area contributed by atoms with Crippen LogP contribution < -0.4 is 9.46 Å². The van der Waals surface area contributed by atoms with Crippen LogP contribution in [0.3, 0.4) is 0 Å². The molecule has 0 fully saturated rings. The highest BCUT2D eigenvalue weighted by Gasteiger charge is 2.18. The van der Waals surface area contributed by atoms with Crippen molar-refractivity contribution in [2.45, 2.75) is 25.2 Å². The highest BCUT2D eigenvalue weighted by molar-refractivity contribution is 7.89. The molecule has 7 heteroatoms. The van der Waals surface area contributed by atoms with Crippen molar-refractivity contribution in [1.82, 2.24) is 14.1 Å². The fourth-order valence-electron chi connectivity index (χ4n) is 2.77. The summed E-state index contributed by atoms with van der Waals surface area (Å²) in [6, 6.07) is 9.14. The van der Waals surface area contributed by atoms with Crippen LogP contribution in [0.5, 0.6) is 5.75 Å². The molecule has 6 nitrogen and oxygen atoms in total. The molecule has 0 radical (unpaired) electrons.